The second-order valence-corrected chi connectivity index (χ2v) is 8.78. The largest absolute Gasteiger partial charge is 0.495 e. The molecule has 1 fully saturated rings. The lowest BCUT2D eigenvalue weighted by Crippen LogP contribution is -2.48. The van der Waals surface area contributed by atoms with Crippen molar-refractivity contribution in [1.82, 2.24) is 4.31 Å². The maximum Gasteiger partial charge on any atom is 0.243 e. The van der Waals surface area contributed by atoms with Gasteiger partial charge in [0.15, 0.2) is 0 Å². The van der Waals surface area contributed by atoms with Crippen molar-refractivity contribution in [3.05, 3.63) is 53.6 Å². The molecule has 138 valence electrons. The fourth-order valence-electron chi connectivity index (χ4n) is 3.92. The first-order chi connectivity index (χ1) is 12.6. The monoisotopic (exact) mass is 372 g/mol. The lowest BCUT2D eigenvalue weighted by Gasteiger charge is -2.36. The highest BCUT2D eigenvalue weighted by molar-refractivity contribution is 7.89. The van der Waals surface area contributed by atoms with E-state index < -0.39 is 10.0 Å². The molecule has 0 spiro atoms. The normalized spacial score (nSPS) is 18.0. The number of methoxy groups -OCH3 is 1. The Balaban J connectivity index is 1.50. The molecule has 0 bridgehead atoms. The molecule has 0 saturated carbocycles. The summed E-state index contributed by atoms with van der Waals surface area (Å²) in [6.07, 6.45) is 3.17. The predicted molar refractivity (Wildman–Crippen MR) is 102 cm³/mol. The third-order valence-electron chi connectivity index (χ3n) is 5.37. The number of fused-ring (bicyclic) bond motifs is 1. The van der Waals surface area contributed by atoms with Crippen LogP contribution in [0.5, 0.6) is 5.75 Å². The summed E-state index contributed by atoms with van der Waals surface area (Å²) in [4.78, 5) is 2.62. The van der Waals surface area contributed by atoms with E-state index in [4.69, 9.17) is 4.74 Å². The average Bonchev–Trinajstić information content (AvgIpc) is 3.16. The summed E-state index contributed by atoms with van der Waals surface area (Å²) >= 11 is 0. The highest BCUT2D eigenvalue weighted by Crippen LogP contribution is 2.30. The smallest absolute Gasteiger partial charge is 0.243 e. The van der Waals surface area contributed by atoms with Crippen molar-refractivity contribution >= 4 is 15.7 Å². The van der Waals surface area contributed by atoms with E-state index >= 15 is 0 Å². The number of piperazine rings is 1. The van der Waals surface area contributed by atoms with Gasteiger partial charge in [0.25, 0.3) is 0 Å². The Bertz CT molecular complexity index is 903. The van der Waals surface area contributed by atoms with Crippen LogP contribution in [0.3, 0.4) is 0 Å². The van der Waals surface area contributed by atoms with Gasteiger partial charge in [0.05, 0.1) is 17.7 Å². The zero-order valence-electron chi connectivity index (χ0n) is 15.0. The summed E-state index contributed by atoms with van der Waals surface area (Å²) < 4.78 is 33.1. The molecule has 4 rings (SSSR count). The van der Waals surface area contributed by atoms with Crippen molar-refractivity contribution in [2.45, 2.75) is 24.2 Å². The Morgan fingerprint density at radius 1 is 0.923 bits per heavy atom. The average molecular weight is 372 g/mol. The Hall–Kier alpha value is -2.05. The van der Waals surface area contributed by atoms with Crippen LogP contribution in [0.25, 0.3) is 0 Å². The number of sulfonamides is 1. The van der Waals surface area contributed by atoms with Gasteiger partial charge in [-0.05, 0) is 54.7 Å². The van der Waals surface area contributed by atoms with Crippen LogP contribution in [0.1, 0.15) is 17.5 Å². The van der Waals surface area contributed by atoms with Crippen molar-refractivity contribution in [1.29, 1.82) is 0 Å². The molecule has 26 heavy (non-hydrogen) atoms. The van der Waals surface area contributed by atoms with Crippen molar-refractivity contribution in [3.63, 3.8) is 0 Å². The van der Waals surface area contributed by atoms with E-state index in [1.54, 1.807) is 17.5 Å². The molecule has 1 aliphatic heterocycles. The second kappa shape index (κ2) is 6.93. The van der Waals surface area contributed by atoms with Crippen LogP contribution in [-0.4, -0.2) is 46.0 Å². The third kappa shape index (κ3) is 3.08. The minimum Gasteiger partial charge on any atom is -0.495 e. The third-order valence-corrected chi connectivity index (χ3v) is 7.27. The van der Waals surface area contributed by atoms with Gasteiger partial charge in [-0.2, -0.15) is 4.31 Å². The minimum atomic E-state index is -3.43. The zero-order chi connectivity index (χ0) is 18.1. The van der Waals surface area contributed by atoms with Crippen LogP contribution in [0, 0.1) is 0 Å². The minimum absolute atomic E-state index is 0.434. The van der Waals surface area contributed by atoms with E-state index in [0.717, 1.165) is 30.7 Å². The maximum atomic E-state index is 13.0. The van der Waals surface area contributed by atoms with Crippen LogP contribution in [0.2, 0.25) is 0 Å². The number of aryl methyl sites for hydroxylation is 2. The predicted octanol–water partition coefficient (Wildman–Crippen LogP) is 2.69. The summed E-state index contributed by atoms with van der Waals surface area (Å²) in [5, 5.41) is 0. The molecule has 1 saturated heterocycles. The Morgan fingerprint density at radius 2 is 1.65 bits per heavy atom. The van der Waals surface area contributed by atoms with Crippen molar-refractivity contribution < 1.29 is 13.2 Å². The lowest BCUT2D eigenvalue weighted by molar-refractivity contribution is 0.378. The van der Waals surface area contributed by atoms with Crippen LogP contribution in [0.15, 0.2) is 47.4 Å². The van der Waals surface area contributed by atoms with E-state index in [1.807, 2.05) is 36.4 Å². The SMILES string of the molecule is COc1ccccc1N1CCN(S(=O)(=O)c2ccc3c(c2)CCC3)CC1. The first kappa shape index (κ1) is 17.4. The molecule has 5 nitrogen and oxygen atoms in total. The number of rotatable bonds is 4. The van der Waals surface area contributed by atoms with Gasteiger partial charge in [0.1, 0.15) is 5.75 Å². The summed E-state index contributed by atoms with van der Waals surface area (Å²) in [5.74, 6) is 0.822. The van der Waals surface area contributed by atoms with Crippen LogP contribution in [0.4, 0.5) is 5.69 Å². The molecule has 0 aromatic heterocycles. The second-order valence-electron chi connectivity index (χ2n) is 6.85. The van der Waals surface area contributed by atoms with Crippen LogP contribution >= 0.6 is 0 Å². The van der Waals surface area contributed by atoms with Gasteiger partial charge in [-0.1, -0.05) is 18.2 Å². The first-order valence-electron chi connectivity index (χ1n) is 9.09. The number of benzene rings is 2. The number of para-hydroxylation sites is 2. The molecular weight excluding hydrogens is 348 g/mol. The molecule has 1 heterocycles. The summed E-state index contributed by atoms with van der Waals surface area (Å²) in [6.45, 7) is 2.28. The van der Waals surface area contributed by atoms with E-state index in [1.165, 1.54) is 11.1 Å². The van der Waals surface area contributed by atoms with Crippen LogP contribution in [-0.2, 0) is 22.9 Å². The van der Waals surface area contributed by atoms with E-state index in [2.05, 4.69) is 4.90 Å². The Labute approximate surface area is 155 Å². The zero-order valence-corrected chi connectivity index (χ0v) is 15.8. The van der Waals surface area contributed by atoms with Gasteiger partial charge < -0.3 is 9.64 Å². The highest BCUT2D eigenvalue weighted by Gasteiger charge is 2.30. The summed E-state index contributed by atoms with van der Waals surface area (Å²) in [5.41, 5.74) is 3.51. The van der Waals surface area contributed by atoms with Crippen molar-refractivity contribution in [3.8, 4) is 5.75 Å². The standard InChI is InChI=1S/C20H24N2O3S/c1-25-20-8-3-2-7-19(20)21-11-13-22(14-12-21)26(23,24)18-10-9-16-5-4-6-17(16)15-18/h2-3,7-10,15H,4-6,11-14H2,1H3. The van der Waals surface area contributed by atoms with Crippen LogP contribution < -0.4 is 9.64 Å². The van der Waals surface area contributed by atoms with Crippen molar-refractivity contribution in [2.75, 3.05) is 38.2 Å². The maximum absolute atomic E-state index is 13.0. The van der Waals surface area contributed by atoms with Crippen molar-refractivity contribution in [2.24, 2.45) is 0 Å². The molecular formula is C20H24N2O3S. The summed E-state index contributed by atoms with van der Waals surface area (Å²) in [6, 6.07) is 13.5. The molecule has 0 amide bonds. The molecule has 1 aliphatic carbocycles. The van der Waals surface area contributed by atoms with Gasteiger partial charge in [-0.15, -0.1) is 0 Å². The number of ether oxygens (including phenoxy) is 1. The quantitative estimate of drug-likeness (QED) is 0.828. The van der Waals surface area contributed by atoms with Gasteiger partial charge in [-0.25, -0.2) is 8.42 Å². The summed E-state index contributed by atoms with van der Waals surface area (Å²) in [7, 11) is -1.77. The number of nitrogens with zero attached hydrogens (tertiary/aromatic N) is 2. The Kier molecular flexibility index (Phi) is 4.63. The first-order valence-corrected chi connectivity index (χ1v) is 10.5. The molecule has 0 radical (unpaired) electrons. The van der Waals surface area contributed by atoms with Gasteiger partial charge in [-0.3, -0.25) is 0 Å². The highest BCUT2D eigenvalue weighted by atomic mass is 32.2. The fraction of sp³-hybridized carbons (Fsp3) is 0.400. The van der Waals surface area contributed by atoms with E-state index in [9.17, 15) is 8.42 Å². The van der Waals surface area contributed by atoms with E-state index in [0.29, 0.717) is 31.1 Å². The molecule has 0 N–H and O–H groups in total. The number of hydrogen-bond acceptors (Lipinski definition) is 4. The van der Waals surface area contributed by atoms with E-state index in [-0.39, 0.29) is 0 Å². The van der Waals surface area contributed by atoms with Gasteiger partial charge in [0.2, 0.25) is 10.0 Å². The molecule has 2 aromatic carbocycles. The molecule has 6 heteroatoms. The fourth-order valence-corrected chi connectivity index (χ4v) is 5.39. The molecule has 0 unspecified atom stereocenters. The Morgan fingerprint density at radius 3 is 2.42 bits per heavy atom. The number of hydrogen-bond donors (Lipinski definition) is 0. The lowest BCUT2D eigenvalue weighted by atomic mass is 10.1. The number of anilines is 1. The molecule has 2 aliphatic rings. The van der Waals surface area contributed by atoms with Gasteiger partial charge >= 0.3 is 0 Å². The topological polar surface area (TPSA) is 49.9 Å². The molecule has 0 atom stereocenters. The van der Waals surface area contributed by atoms with Gasteiger partial charge in [0, 0.05) is 26.2 Å². The molecule has 2 aromatic rings.